The lowest BCUT2D eigenvalue weighted by molar-refractivity contribution is -0.122. The van der Waals surface area contributed by atoms with Gasteiger partial charge in [0.05, 0.1) is 0 Å². The number of primary amides is 1. The molecule has 1 aliphatic heterocycles. The molecule has 7 heteroatoms. The van der Waals surface area contributed by atoms with Crippen molar-refractivity contribution in [1.82, 2.24) is 4.31 Å². The van der Waals surface area contributed by atoms with E-state index in [4.69, 9.17) is 5.73 Å². The van der Waals surface area contributed by atoms with Gasteiger partial charge in [0.25, 0.3) is 0 Å². The molecule has 0 aliphatic carbocycles. The smallest absolute Gasteiger partial charge is 0.247 e. The molecule has 24 heavy (non-hydrogen) atoms. The molecule has 0 unspecified atom stereocenters. The SMILES string of the molecule is Cc1ccc(F)c(S(=O)(=O)N2Cc3ccccc3C[C@@H]2C(N)=O)c1. The Morgan fingerprint density at radius 1 is 1.21 bits per heavy atom. The van der Waals surface area contributed by atoms with Gasteiger partial charge in [-0.1, -0.05) is 30.3 Å². The first-order valence-corrected chi connectivity index (χ1v) is 8.89. The van der Waals surface area contributed by atoms with Gasteiger partial charge in [-0.2, -0.15) is 4.31 Å². The summed E-state index contributed by atoms with van der Waals surface area (Å²) in [5, 5.41) is 0. The van der Waals surface area contributed by atoms with Crippen LogP contribution < -0.4 is 5.73 Å². The summed E-state index contributed by atoms with van der Waals surface area (Å²) in [6.45, 7) is 1.66. The van der Waals surface area contributed by atoms with Gasteiger partial charge in [0, 0.05) is 6.54 Å². The minimum absolute atomic E-state index is 0.0144. The molecule has 126 valence electrons. The Balaban J connectivity index is 2.11. The predicted molar refractivity (Wildman–Crippen MR) is 87.0 cm³/mol. The Bertz CT molecular complexity index is 912. The lowest BCUT2D eigenvalue weighted by Crippen LogP contribution is -2.51. The second-order valence-electron chi connectivity index (χ2n) is 5.88. The second-order valence-corrected chi connectivity index (χ2v) is 7.73. The minimum Gasteiger partial charge on any atom is -0.368 e. The van der Waals surface area contributed by atoms with Gasteiger partial charge in [-0.05, 0) is 42.2 Å². The number of rotatable bonds is 3. The largest absolute Gasteiger partial charge is 0.368 e. The van der Waals surface area contributed by atoms with Crippen molar-refractivity contribution in [3.05, 3.63) is 65.0 Å². The van der Waals surface area contributed by atoms with Crippen LogP contribution in [0.3, 0.4) is 0 Å². The Hall–Kier alpha value is -2.25. The molecular formula is C17H17FN2O3S. The van der Waals surface area contributed by atoms with Crippen molar-refractivity contribution in [3.63, 3.8) is 0 Å². The first-order chi connectivity index (χ1) is 11.3. The fraction of sp³-hybridized carbons (Fsp3) is 0.235. The molecule has 2 N–H and O–H groups in total. The number of aryl methyl sites for hydroxylation is 1. The van der Waals surface area contributed by atoms with Crippen molar-refractivity contribution in [3.8, 4) is 0 Å². The van der Waals surface area contributed by atoms with Gasteiger partial charge in [-0.3, -0.25) is 4.79 Å². The van der Waals surface area contributed by atoms with Crippen LogP contribution in [-0.2, 0) is 27.8 Å². The van der Waals surface area contributed by atoms with E-state index in [2.05, 4.69) is 0 Å². The van der Waals surface area contributed by atoms with Crippen molar-refractivity contribution >= 4 is 15.9 Å². The van der Waals surface area contributed by atoms with E-state index in [0.717, 1.165) is 21.5 Å². The Morgan fingerprint density at radius 2 is 1.88 bits per heavy atom. The number of sulfonamides is 1. The van der Waals surface area contributed by atoms with E-state index >= 15 is 0 Å². The number of nitrogens with zero attached hydrogens (tertiary/aromatic N) is 1. The number of carbonyl (C=O) groups excluding carboxylic acids is 1. The fourth-order valence-corrected chi connectivity index (χ4v) is 4.65. The van der Waals surface area contributed by atoms with Crippen LogP contribution in [0.2, 0.25) is 0 Å². The number of nitrogens with two attached hydrogens (primary N) is 1. The van der Waals surface area contributed by atoms with Gasteiger partial charge in [0.1, 0.15) is 16.8 Å². The summed E-state index contributed by atoms with van der Waals surface area (Å²) in [4.78, 5) is 11.4. The quantitative estimate of drug-likeness (QED) is 0.917. The van der Waals surface area contributed by atoms with E-state index in [1.807, 2.05) is 12.1 Å². The summed E-state index contributed by atoms with van der Waals surface area (Å²) in [5.41, 5.74) is 7.69. The van der Waals surface area contributed by atoms with Gasteiger partial charge in [-0.15, -0.1) is 0 Å². The third kappa shape index (κ3) is 2.81. The summed E-state index contributed by atoms with van der Waals surface area (Å²) >= 11 is 0. The lowest BCUT2D eigenvalue weighted by atomic mass is 9.96. The van der Waals surface area contributed by atoms with E-state index < -0.39 is 32.7 Å². The highest BCUT2D eigenvalue weighted by Gasteiger charge is 2.39. The van der Waals surface area contributed by atoms with Crippen LogP contribution in [0.15, 0.2) is 47.4 Å². The Labute approximate surface area is 139 Å². The minimum atomic E-state index is -4.19. The maximum Gasteiger partial charge on any atom is 0.247 e. The highest BCUT2D eigenvalue weighted by molar-refractivity contribution is 7.89. The maximum atomic E-state index is 14.1. The third-order valence-corrected chi connectivity index (χ3v) is 6.08. The number of halogens is 1. The van der Waals surface area contributed by atoms with Crippen LogP contribution >= 0.6 is 0 Å². The number of fused-ring (bicyclic) bond motifs is 1. The summed E-state index contributed by atoms with van der Waals surface area (Å²) in [6.07, 6.45) is 0.179. The molecule has 0 fully saturated rings. The molecule has 2 aromatic rings. The van der Waals surface area contributed by atoms with Gasteiger partial charge in [0.2, 0.25) is 15.9 Å². The van der Waals surface area contributed by atoms with Gasteiger partial charge in [0.15, 0.2) is 0 Å². The number of carbonyl (C=O) groups is 1. The normalized spacial score (nSPS) is 18.2. The highest BCUT2D eigenvalue weighted by atomic mass is 32.2. The topological polar surface area (TPSA) is 80.5 Å². The molecule has 2 aromatic carbocycles. The summed E-state index contributed by atoms with van der Waals surface area (Å²) in [5.74, 6) is -1.59. The molecular weight excluding hydrogens is 331 g/mol. The molecule has 0 bridgehead atoms. The van der Waals surface area contributed by atoms with E-state index in [1.165, 1.54) is 12.1 Å². The van der Waals surface area contributed by atoms with Gasteiger partial charge < -0.3 is 5.73 Å². The molecule has 5 nitrogen and oxygen atoms in total. The first-order valence-electron chi connectivity index (χ1n) is 7.45. The van der Waals surface area contributed by atoms with Crippen LogP contribution in [0.5, 0.6) is 0 Å². The molecule has 1 aliphatic rings. The number of benzene rings is 2. The molecule has 0 spiro atoms. The fourth-order valence-electron chi connectivity index (χ4n) is 2.93. The second kappa shape index (κ2) is 5.99. The molecule has 0 saturated carbocycles. The zero-order valence-corrected chi connectivity index (χ0v) is 13.9. The van der Waals surface area contributed by atoms with Crippen molar-refractivity contribution in [2.75, 3.05) is 0 Å². The number of hydrogen-bond donors (Lipinski definition) is 1. The first kappa shape index (κ1) is 16.6. The predicted octanol–water partition coefficient (Wildman–Crippen LogP) is 1.74. The monoisotopic (exact) mass is 348 g/mol. The molecule has 0 saturated heterocycles. The Kier molecular flexibility index (Phi) is 4.15. The summed E-state index contributed by atoms with van der Waals surface area (Å²) < 4.78 is 41.0. The molecule has 1 heterocycles. The average molecular weight is 348 g/mol. The molecule has 1 atom stereocenters. The van der Waals surface area contributed by atoms with Crippen LogP contribution in [0.25, 0.3) is 0 Å². The van der Waals surface area contributed by atoms with Crippen LogP contribution in [0, 0.1) is 12.7 Å². The van der Waals surface area contributed by atoms with Gasteiger partial charge in [-0.25, -0.2) is 12.8 Å². The van der Waals surface area contributed by atoms with Crippen LogP contribution in [0.4, 0.5) is 4.39 Å². The zero-order chi connectivity index (χ0) is 17.5. The Morgan fingerprint density at radius 3 is 2.54 bits per heavy atom. The molecule has 1 amide bonds. The van der Waals surface area contributed by atoms with Crippen molar-refractivity contribution in [1.29, 1.82) is 0 Å². The average Bonchev–Trinajstić information content (AvgIpc) is 2.55. The van der Waals surface area contributed by atoms with Crippen molar-refractivity contribution in [2.24, 2.45) is 5.73 Å². The highest BCUT2D eigenvalue weighted by Crippen LogP contribution is 2.30. The van der Waals surface area contributed by atoms with E-state index in [0.29, 0.717) is 5.56 Å². The van der Waals surface area contributed by atoms with E-state index in [-0.39, 0.29) is 13.0 Å². The zero-order valence-electron chi connectivity index (χ0n) is 13.1. The van der Waals surface area contributed by atoms with Crippen molar-refractivity contribution < 1.29 is 17.6 Å². The summed E-state index contributed by atoms with van der Waals surface area (Å²) in [7, 11) is -4.19. The number of amides is 1. The standard InChI is InChI=1S/C17H17FN2O3S/c1-11-6-7-14(18)16(8-11)24(22,23)20-10-13-5-3-2-4-12(13)9-15(20)17(19)21/h2-8,15H,9-10H2,1H3,(H2,19,21)/t15-/m1/s1. The van der Waals surface area contributed by atoms with Crippen LogP contribution in [-0.4, -0.2) is 24.7 Å². The molecule has 3 rings (SSSR count). The maximum absolute atomic E-state index is 14.1. The summed E-state index contributed by atoms with van der Waals surface area (Å²) in [6, 6.07) is 10.1. The van der Waals surface area contributed by atoms with E-state index in [9.17, 15) is 17.6 Å². The molecule has 0 aromatic heterocycles. The number of hydrogen-bond acceptors (Lipinski definition) is 3. The van der Waals surface area contributed by atoms with Crippen LogP contribution in [0.1, 0.15) is 16.7 Å². The van der Waals surface area contributed by atoms with E-state index in [1.54, 1.807) is 19.1 Å². The lowest BCUT2D eigenvalue weighted by Gasteiger charge is -2.34. The van der Waals surface area contributed by atoms with Gasteiger partial charge >= 0.3 is 0 Å². The third-order valence-electron chi connectivity index (χ3n) is 4.21. The van der Waals surface area contributed by atoms with Crippen molar-refractivity contribution in [2.45, 2.75) is 30.8 Å². The molecule has 0 radical (unpaired) electrons.